The Labute approximate surface area is 339 Å². The first kappa shape index (κ1) is 53.5. The molecule has 1 N–H and O–H groups in total. The first-order chi connectivity index (χ1) is 26.5. The fraction of sp³-hybridized carbons (Fsp3) is 0.867. The quantitative estimate of drug-likeness (QED) is 0.0214. The zero-order chi connectivity index (χ0) is 40.7. The van der Waals surface area contributed by atoms with E-state index >= 15 is 0 Å². The lowest BCUT2D eigenvalue weighted by Gasteiger charge is -2.24. The molecule has 0 aliphatic rings. The maximum atomic E-state index is 12.7. The fourth-order valence-electron chi connectivity index (χ4n) is 6.12. The van der Waals surface area contributed by atoms with E-state index in [-0.39, 0.29) is 32.0 Å². The van der Waals surface area contributed by atoms with Crippen molar-refractivity contribution in [3.63, 3.8) is 0 Å². The summed E-state index contributed by atoms with van der Waals surface area (Å²) >= 11 is 0. The average Bonchev–Trinajstić information content (AvgIpc) is 3.13. The number of nitrogens with zero attached hydrogens (tertiary/aromatic N) is 1. The van der Waals surface area contributed by atoms with Crippen LogP contribution in [0.1, 0.15) is 200 Å². The van der Waals surface area contributed by atoms with E-state index in [1.807, 2.05) is 21.1 Å². The van der Waals surface area contributed by atoms with E-state index in [4.69, 9.17) is 18.5 Å². The van der Waals surface area contributed by atoms with Gasteiger partial charge in [0.25, 0.3) is 0 Å². The fourth-order valence-corrected chi connectivity index (χ4v) is 6.86. The molecule has 0 aliphatic heterocycles. The van der Waals surface area contributed by atoms with E-state index in [9.17, 15) is 19.0 Å². The molecule has 0 fully saturated rings. The molecule has 10 heteroatoms. The number of carbonyl (C=O) groups excluding carboxylic acids is 2. The summed E-state index contributed by atoms with van der Waals surface area (Å²) in [4.78, 5) is 35.4. The lowest BCUT2D eigenvalue weighted by atomic mass is 10.1. The molecule has 0 amide bonds. The van der Waals surface area contributed by atoms with Gasteiger partial charge < -0.3 is 18.9 Å². The van der Waals surface area contributed by atoms with Crippen molar-refractivity contribution in [2.75, 3.05) is 47.5 Å². The van der Waals surface area contributed by atoms with Crippen LogP contribution >= 0.6 is 7.82 Å². The second kappa shape index (κ2) is 38.0. The van der Waals surface area contributed by atoms with Crippen molar-refractivity contribution in [2.24, 2.45) is 0 Å². The Hall–Kier alpha value is -1.51. The second-order valence-corrected chi connectivity index (χ2v) is 17.9. The van der Waals surface area contributed by atoms with Gasteiger partial charge in [-0.1, -0.05) is 147 Å². The van der Waals surface area contributed by atoms with E-state index < -0.39 is 26.5 Å². The van der Waals surface area contributed by atoms with Crippen molar-refractivity contribution in [3.05, 3.63) is 24.3 Å². The summed E-state index contributed by atoms with van der Waals surface area (Å²) in [6.07, 6.45) is 40.7. The number of esters is 2. The SMILES string of the molecule is CCCCCCCC/C=C\CCCCCCCC(=O)O[C@H](COC(=O)CCCCCCC/C=C\CCCCCCCCC)COP(=O)(O)OCC[N+](C)(C)C. The number of hydrogen-bond donors (Lipinski definition) is 1. The van der Waals surface area contributed by atoms with Crippen LogP contribution in [-0.2, 0) is 32.7 Å². The van der Waals surface area contributed by atoms with Gasteiger partial charge in [0.2, 0.25) is 0 Å². The summed E-state index contributed by atoms with van der Waals surface area (Å²) in [5.41, 5.74) is 0. The van der Waals surface area contributed by atoms with Gasteiger partial charge in [0, 0.05) is 12.8 Å². The van der Waals surface area contributed by atoms with Gasteiger partial charge in [0.05, 0.1) is 27.7 Å². The number of likely N-dealkylation sites (N-methyl/N-ethyl adjacent to an activating group) is 1. The van der Waals surface area contributed by atoms with Crippen LogP contribution in [0.5, 0.6) is 0 Å². The van der Waals surface area contributed by atoms with Crippen molar-refractivity contribution in [2.45, 2.75) is 206 Å². The number of phosphoric acid groups is 1. The highest BCUT2D eigenvalue weighted by molar-refractivity contribution is 7.47. The monoisotopic (exact) mass is 801 g/mol. The maximum absolute atomic E-state index is 12.7. The minimum Gasteiger partial charge on any atom is -0.462 e. The number of phosphoric ester groups is 1. The van der Waals surface area contributed by atoms with Crippen molar-refractivity contribution in [1.29, 1.82) is 0 Å². The summed E-state index contributed by atoms with van der Waals surface area (Å²) in [7, 11) is 1.47. The molecule has 9 nitrogen and oxygen atoms in total. The van der Waals surface area contributed by atoms with Crippen LogP contribution in [-0.4, -0.2) is 74.9 Å². The Morgan fingerprint density at radius 2 is 0.927 bits per heavy atom. The Bertz CT molecular complexity index is 996. The number of rotatable bonds is 41. The summed E-state index contributed by atoms with van der Waals surface area (Å²) in [5, 5.41) is 0. The van der Waals surface area contributed by atoms with Gasteiger partial charge in [-0.05, 0) is 64.2 Å². The third-order valence-electron chi connectivity index (χ3n) is 9.70. The molecule has 55 heavy (non-hydrogen) atoms. The van der Waals surface area contributed by atoms with Crippen molar-refractivity contribution < 1.29 is 42.1 Å². The third-order valence-corrected chi connectivity index (χ3v) is 10.7. The Balaban J connectivity index is 4.36. The van der Waals surface area contributed by atoms with Crippen LogP contribution < -0.4 is 0 Å². The van der Waals surface area contributed by atoms with Crippen LogP contribution in [0.3, 0.4) is 0 Å². The molecule has 0 aliphatic carbocycles. The minimum absolute atomic E-state index is 0.0300. The van der Waals surface area contributed by atoms with E-state index in [0.717, 1.165) is 70.6 Å². The molecule has 0 aromatic heterocycles. The van der Waals surface area contributed by atoms with Crippen LogP contribution in [0.25, 0.3) is 0 Å². The van der Waals surface area contributed by atoms with Crippen LogP contribution in [0.2, 0.25) is 0 Å². The number of ether oxygens (including phenoxy) is 2. The zero-order valence-electron chi connectivity index (χ0n) is 36.4. The summed E-state index contributed by atoms with van der Waals surface area (Å²) in [6.45, 7) is 4.41. The van der Waals surface area contributed by atoms with Gasteiger partial charge in [0.15, 0.2) is 6.10 Å². The summed E-state index contributed by atoms with van der Waals surface area (Å²) in [5.74, 6) is -0.813. The number of allylic oxidation sites excluding steroid dienone is 4. The minimum atomic E-state index is -4.38. The number of carbonyl (C=O) groups is 2. The predicted octanol–water partition coefficient (Wildman–Crippen LogP) is 12.7. The molecular formula is C45H87NO8P+. The van der Waals surface area contributed by atoms with Gasteiger partial charge >= 0.3 is 19.8 Å². The van der Waals surface area contributed by atoms with Crippen LogP contribution in [0, 0.1) is 0 Å². The zero-order valence-corrected chi connectivity index (χ0v) is 37.3. The van der Waals surface area contributed by atoms with Gasteiger partial charge in [0.1, 0.15) is 19.8 Å². The normalized spacial score (nSPS) is 13.8. The number of quaternary nitrogens is 1. The maximum Gasteiger partial charge on any atom is 0.472 e. The Morgan fingerprint density at radius 1 is 0.545 bits per heavy atom. The van der Waals surface area contributed by atoms with Crippen molar-refractivity contribution >= 4 is 19.8 Å². The molecule has 0 aromatic carbocycles. The van der Waals surface area contributed by atoms with Crippen LogP contribution in [0.4, 0.5) is 0 Å². The molecule has 0 rings (SSSR count). The topological polar surface area (TPSA) is 108 Å². The molecule has 2 atom stereocenters. The Morgan fingerprint density at radius 3 is 1.35 bits per heavy atom. The standard InChI is InChI=1S/C45H86NO8P/c1-6-8-10-12-14-16-18-20-22-24-25-27-29-31-33-35-37-44(47)51-41-43(42-53-55(49,50)52-40-39-46(3,4)5)54-45(48)38-36-34-32-30-28-26-23-21-19-17-15-13-11-9-7-2/h21-24,43H,6-20,25-42H2,1-5H3/p+1/b23-21-,24-22-/t43-/m1/s1. The van der Waals surface area contributed by atoms with E-state index in [0.29, 0.717) is 17.4 Å². The molecule has 0 spiro atoms. The average molecular weight is 801 g/mol. The number of hydrogen-bond acceptors (Lipinski definition) is 7. The molecule has 0 heterocycles. The molecule has 0 saturated heterocycles. The summed E-state index contributed by atoms with van der Waals surface area (Å²) < 4.78 is 34.3. The van der Waals surface area contributed by atoms with Crippen LogP contribution in [0.15, 0.2) is 24.3 Å². The highest BCUT2D eigenvalue weighted by Gasteiger charge is 2.27. The lowest BCUT2D eigenvalue weighted by molar-refractivity contribution is -0.870. The van der Waals surface area contributed by atoms with E-state index in [1.165, 1.54) is 96.3 Å². The smallest absolute Gasteiger partial charge is 0.462 e. The molecule has 1 unspecified atom stereocenters. The third kappa shape index (κ3) is 41.9. The highest BCUT2D eigenvalue weighted by atomic mass is 31.2. The van der Waals surface area contributed by atoms with Gasteiger partial charge in [-0.2, -0.15) is 0 Å². The van der Waals surface area contributed by atoms with Crippen molar-refractivity contribution in [3.8, 4) is 0 Å². The Kier molecular flexibility index (Phi) is 37.0. The van der Waals surface area contributed by atoms with E-state index in [1.54, 1.807) is 0 Å². The lowest BCUT2D eigenvalue weighted by Crippen LogP contribution is -2.37. The van der Waals surface area contributed by atoms with Crippen molar-refractivity contribution in [1.82, 2.24) is 0 Å². The molecule has 0 saturated carbocycles. The molecule has 0 aromatic rings. The molecular weight excluding hydrogens is 713 g/mol. The largest absolute Gasteiger partial charge is 0.472 e. The van der Waals surface area contributed by atoms with E-state index in [2.05, 4.69) is 38.2 Å². The molecule has 324 valence electrons. The van der Waals surface area contributed by atoms with Gasteiger partial charge in [-0.15, -0.1) is 0 Å². The number of unbranched alkanes of at least 4 members (excludes halogenated alkanes) is 23. The highest BCUT2D eigenvalue weighted by Crippen LogP contribution is 2.43. The van der Waals surface area contributed by atoms with Gasteiger partial charge in [-0.3, -0.25) is 18.6 Å². The molecule has 0 radical (unpaired) electrons. The van der Waals surface area contributed by atoms with Gasteiger partial charge in [-0.25, -0.2) is 4.57 Å². The predicted molar refractivity (Wildman–Crippen MR) is 229 cm³/mol. The second-order valence-electron chi connectivity index (χ2n) is 16.4. The molecule has 0 bridgehead atoms. The first-order valence-corrected chi connectivity index (χ1v) is 24.1. The summed E-state index contributed by atoms with van der Waals surface area (Å²) in [6, 6.07) is 0. The first-order valence-electron chi connectivity index (χ1n) is 22.6.